The van der Waals surface area contributed by atoms with Crippen LogP contribution in [0.25, 0.3) is 10.9 Å². The predicted octanol–water partition coefficient (Wildman–Crippen LogP) is 1.65. The fourth-order valence-electron chi connectivity index (χ4n) is 3.23. The number of nitrogens with zero attached hydrogens (tertiary/aromatic N) is 3. The molecule has 0 saturated heterocycles. The number of likely N-dealkylation sites (N-methyl/N-ethyl adjacent to an activating group) is 1. The van der Waals surface area contributed by atoms with Crippen molar-refractivity contribution >= 4 is 33.0 Å². The Kier molecular flexibility index (Phi) is 4.48. The number of hydrogen-bond donors (Lipinski definition) is 2. The molecule has 0 saturated carbocycles. The van der Waals surface area contributed by atoms with Gasteiger partial charge in [-0.1, -0.05) is 6.08 Å². The summed E-state index contributed by atoms with van der Waals surface area (Å²) in [6, 6.07) is 3.42. The number of nitrogens with one attached hydrogen (secondary N) is 2. The van der Waals surface area contributed by atoms with Gasteiger partial charge in [0.2, 0.25) is 15.9 Å². The number of carbonyl (C=O) groups excluding carboxylic acids is 1. The molecule has 2 heterocycles. The highest BCUT2D eigenvalue weighted by molar-refractivity contribution is 7.89. The van der Waals surface area contributed by atoms with E-state index < -0.39 is 15.9 Å². The summed E-state index contributed by atoms with van der Waals surface area (Å²) in [7, 11) is -2.49. The van der Waals surface area contributed by atoms with Crippen molar-refractivity contribution in [3.8, 4) is 0 Å². The fourth-order valence-corrected chi connectivity index (χ4v) is 4.61. The summed E-state index contributed by atoms with van der Waals surface area (Å²) < 4.78 is 27.1. The van der Waals surface area contributed by atoms with Gasteiger partial charge >= 0.3 is 0 Å². The summed E-state index contributed by atoms with van der Waals surface area (Å²) in [6.07, 6.45) is 10.7. The molecule has 0 spiro atoms. The van der Waals surface area contributed by atoms with Gasteiger partial charge in [-0.25, -0.2) is 8.42 Å². The molecule has 2 N–H and O–H groups in total. The lowest BCUT2D eigenvalue weighted by Gasteiger charge is -2.19. The third-order valence-corrected chi connectivity index (χ3v) is 6.48. The standard InChI is InChI=1S/C19H19N5O3S/c1-12-5-15-10-21-23-19(15)17(6-12)28(26,27)24(2)11-18(25)22-16-4-3-13-8-20-9-14(13)7-16/h3-10,13H,11H2,1-2H3,(H,21,23)(H,22,25). The molecule has 1 atom stereocenters. The number of aryl methyl sites for hydroxylation is 1. The molecule has 2 aromatic rings. The van der Waals surface area contributed by atoms with Crippen molar-refractivity contribution in [3.05, 3.63) is 59.6 Å². The van der Waals surface area contributed by atoms with Crippen molar-refractivity contribution in [1.29, 1.82) is 0 Å². The van der Waals surface area contributed by atoms with Crippen LogP contribution in [0.2, 0.25) is 0 Å². The van der Waals surface area contributed by atoms with E-state index in [9.17, 15) is 13.2 Å². The van der Waals surface area contributed by atoms with E-state index in [1.807, 2.05) is 31.4 Å². The fraction of sp³-hybridized carbons (Fsp3) is 0.211. The Bertz CT molecular complexity index is 1190. The minimum atomic E-state index is -3.88. The zero-order valence-corrected chi connectivity index (χ0v) is 16.2. The second-order valence-corrected chi connectivity index (χ2v) is 8.83. The summed E-state index contributed by atoms with van der Waals surface area (Å²) >= 11 is 0. The molecular weight excluding hydrogens is 378 g/mol. The first-order valence-corrected chi connectivity index (χ1v) is 10.1. The van der Waals surface area contributed by atoms with E-state index >= 15 is 0 Å². The van der Waals surface area contributed by atoms with Gasteiger partial charge in [-0.15, -0.1) is 0 Å². The lowest BCUT2D eigenvalue weighted by Crippen LogP contribution is -2.38. The molecule has 0 bridgehead atoms. The van der Waals surface area contributed by atoms with E-state index in [1.165, 1.54) is 7.05 Å². The summed E-state index contributed by atoms with van der Waals surface area (Å²) in [5.41, 5.74) is 2.81. The summed E-state index contributed by atoms with van der Waals surface area (Å²) in [6.45, 7) is 1.50. The average Bonchev–Trinajstić information content (AvgIpc) is 3.28. The topological polar surface area (TPSA) is 108 Å². The molecule has 0 radical (unpaired) electrons. The largest absolute Gasteiger partial charge is 0.325 e. The number of rotatable bonds is 5. The van der Waals surface area contributed by atoms with Crippen LogP contribution < -0.4 is 5.32 Å². The number of amides is 1. The molecule has 28 heavy (non-hydrogen) atoms. The van der Waals surface area contributed by atoms with Gasteiger partial charge in [-0.2, -0.15) is 9.40 Å². The Morgan fingerprint density at radius 2 is 2.18 bits per heavy atom. The number of H-pyrrole nitrogens is 1. The van der Waals surface area contributed by atoms with Gasteiger partial charge in [0.1, 0.15) is 4.90 Å². The predicted molar refractivity (Wildman–Crippen MR) is 106 cm³/mol. The maximum absolute atomic E-state index is 13.0. The van der Waals surface area contributed by atoms with Crippen molar-refractivity contribution in [2.45, 2.75) is 11.8 Å². The Labute approximate surface area is 162 Å². The minimum Gasteiger partial charge on any atom is -0.325 e. The zero-order valence-electron chi connectivity index (χ0n) is 15.4. The molecular formula is C19H19N5O3S. The van der Waals surface area contributed by atoms with Crippen LogP contribution in [0.5, 0.6) is 0 Å². The normalized spacial score (nSPS) is 18.3. The average molecular weight is 397 g/mol. The summed E-state index contributed by atoms with van der Waals surface area (Å²) in [5.74, 6) is -0.282. The molecule has 1 aliphatic heterocycles. The van der Waals surface area contributed by atoms with Gasteiger partial charge < -0.3 is 5.32 Å². The Balaban J connectivity index is 1.51. The highest BCUT2D eigenvalue weighted by Gasteiger charge is 2.26. The van der Waals surface area contributed by atoms with Crippen molar-refractivity contribution in [1.82, 2.24) is 19.8 Å². The highest BCUT2D eigenvalue weighted by atomic mass is 32.2. The Hall–Kier alpha value is -3.04. The van der Waals surface area contributed by atoms with Crippen LogP contribution >= 0.6 is 0 Å². The van der Waals surface area contributed by atoms with E-state index in [1.54, 1.807) is 24.5 Å². The smallest absolute Gasteiger partial charge is 0.245 e. The van der Waals surface area contributed by atoms with Crippen LogP contribution in [0.3, 0.4) is 0 Å². The van der Waals surface area contributed by atoms with Crippen molar-refractivity contribution in [3.63, 3.8) is 0 Å². The number of fused-ring (bicyclic) bond motifs is 2. The molecule has 1 aliphatic carbocycles. The van der Waals surface area contributed by atoms with Crippen molar-refractivity contribution < 1.29 is 13.2 Å². The molecule has 9 heteroatoms. The monoisotopic (exact) mass is 397 g/mol. The molecule has 0 fully saturated rings. The lowest BCUT2D eigenvalue weighted by molar-refractivity contribution is -0.120. The van der Waals surface area contributed by atoms with Gasteiger partial charge in [-0.3, -0.25) is 14.9 Å². The van der Waals surface area contributed by atoms with Gasteiger partial charge in [-0.05, 0) is 42.3 Å². The number of aromatic nitrogens is 2. The maximum Gasteiger partial charge on any atom is 0.245 e. The van der Waals surface area contributed by atoms with Crippen LogP contribution in [0.15, 0.2) is 63.9 Å². The third-order valence-electron chi connectivity index (χ3n) is 4.66. The number of benzene rings is 1. The molecule has 4 rings (SSSR count). The highest BCUT2D eigenvalue weighted by Crippen LogP contribution is 2.26. The first-order valence-electron chi connectivity index (χ1n) is 8.68. The van der Waals surface area contributed by atoms with E-state index in [0.717, 1.165) is 15.4 Å². The van der Waals surface area contributed by atoms with E-state index in [0.29, 0.717) is 16.6 Å². The number of aromatic amines is 1. The van der Waals surface area contributed by atoms with Gasteiger partial charge in [0.05, 0.1) is 18.3 Å². The molecule has 1 aromatic heterocycles. The zero-order chi connectivity index (χ0) is 19.9. The van der Waals surface area contributed by atoms with E-state index in [4.69, 9.17) is 0 Å². The van der Waals surface area contributed by atoms with Crippen LogP contribution in [0.1, 0.15) is 5.56 Å². The summed E-state index contributed by atoms with van der Waals surface area (Å²) in [4.78, 5) is 16.6. The van der Waals surface area contributed by atoms with E-state index in [-0.39, 0.29) is 17.4 Å². The van der Waals surface area contributed by atoms with Crippen LogP contribution in [-0.4, -0.2) is 48.6 Å². The second-order valence-electron chi connectivity index (χ2n) is 6.82. The van der Waals surface area contributed by atoms with Crippen molar-refractivity contribution in [2.24, 2.45) is 10.9 Å². The number of sulfonamides is 1. The Morgan fingerprint density at radius 3 is 3.00 bits per heavy atom. The number of carbonyl (C=O) groups is 1. The second kappa shape index (κ2) is 6.84. The maximum atomic E-state index is 13.0. The number of allylic oxidation sites excluding steroid dienone is 4. The molecule has 1 amide bonds. The van der Waals surface area contributed by atoms with Gasteiger partial charge in [0.25, 0.3) is 0 Å². The van der Waals surface area contributed by atoms with Crippen molar-refractivity contribution in [2.75, 3.05) is 13.6 Å². The quantitative estimate of drug-likeness (QED) is 0.800. The van der Waals surface area contributed by atoms with Gasteiger partial charge in [0, 0.05) is 36.5 Å². The van der Waals surface area contributed by atoms with Crippen LogP contribution in [-0.2, 0) is 14.8 Å². The minimum absolute atomic E-state index is 0.100. The first-order chi connectivity index (χ1) is 13.3. The van der Waals surface area contributed by atoms with E-state index in [2.05, 4.69) is 20.5 Å². The van der Waals surface area contributed by atoms with Crippen LogP contribution in [0.4, 0.5) is 0 Å². The lowest BCUT2D eigenvalue weighted by atomic mass is 9.97. The Morgan fingerprint density at radius 1 is 1.36 bits per heavy atom. The number of aliphatic imine (C=N–C) groups is 1. The molecule has 1 unspecified atom stereocenters. The first kappa shape index (κ1) is 18.3. The third kappa shape index (κ3) is 3.30. The van der Waals surface area contributed by atoms with Gasteiger partial charge in [0.15, 0.2) is 0 Å². The molecule has 1 aromatic carbocycles. The SMILES string of the molecule is Cc1cc(S(=O)(=O)N(C)CC(=O)NC2=CC3=CN=CC3C=C2)c2[nH]ncc2c1. The van der Waals surface area contributed by atoms with Crippen LogP contribution in [0, 0.1) is 12.8 Å². The molecule has 2 aliphatic rings. The molecule has 144 valence electrons. The summed E-state index contributed by atoms with van der Waals surface area (Å²) in [5, 5.41) is 10.1. The number of hydrogen-bond acceptors (Lipinski definition) is 5. The molecule has 8 nitrogen and oxygen atoms in total.